The van der Waals surface area contributed by atoms with Crippen LogP contribution < -0.4 is 5.32 Å². The fourth-order valence-corrected chi connectivity index (χ4v) is 3.79. The van der Waals surface area contributed by atoms with Crippen LogP contribution in [0.3, 0.4) is 0 Å². The molecule has 0 saturated heterocycles. The SMILES string of the molecule is Cc1ccc(C(=O)NCCc2csc3nc(-c4cccc(F)c4)nn23)cc1C. The summed E-state index contributed by atoms with van der Waals surface area (Å²) in [7, 11) is 0. The summed E-state index contributed by atoms with van der Waals surface area (Å²) in [6, 6.07) is 11.9. The third-order valence-corrected chi connectivity index (χ3v) is 5.53. The Kier molecular flexibility index (Phi) is 4.92. The van der Waals surface area contributed by atoms with Crippen molar-refractivity contribution < 1.29 is 9.18 Å². The number of rotatable bonds is 5. The first kappa shape index (κ1) is 18.3. The van der Waals surface area contributed by atoms with Crippen LogP contribution in [0.15, 0.2) is 47.8 Å². The molecule has 2 aromatic heterocycles. The van der Waals surface area contributed by atoms with Crippen LogP contribution in [-0.4, -0.2) is 27.0 Å². The van der Waals surface area contributed by atoms with Crippen molar-refractivity contribution in [3.05, 3.63) is 76.0 Å². The predicted molar refractivity (Wildman–Crippen MR) is 108 cm³/mol. The maximum atomic E-state index is 13.4. The largest absolute Gasteiger partial charge is 0.352 e. The van der Waals surface area contributed by atoms with E-state index in [-0.39, 0.29) is 11.7 Å². The topological polar surface area (TPSA) is 59.3 Å². The van der Waals surface area contributed by atoms with Crippen molar-refractivity contribution in [2.75, 3.05) is 6.54 Å². The molecule has 1 amide bonds. The number of hydrogen-bond donors (Lipinski definition) is 1. The first-order chi connectivity index (χ1) is 13.5. The number of carbonyl (C=O) groups excluding carboxylic acids is 1. The molecular weight excluding hydrogens is 375 g/mol. The second kappa shape index (κ2) is 7.52. The molecule has 0 fully saturated rings. The summed E-state index contributed by atoms with van der Waals surface area (Å²) in [4.78, 5) is 17.6. The van der Waals surface area contributed by atoms with Gasteiger partial charge in [-0.2, -0.15) is 4.98 Å². The molecule has 2 heterocycles. The van der Waals surface area contributed by atoms with E-state index in [1.54, 1.807) is 16.6 Å². The van der Waals surface area contributed by atoms with Gasteiger partial charge < -0.3 is 5.32 Å². The van der Waals surface area contributed by atoms with Crippen molar-refractivity contribution in [3.63, 3.8) is 0 Å². The lowest BCUT2D eigenvalue weighted by molar-refractivity contribution is 0.0954. The van der Waals surface area contributed by atoms with Crippen LogP contribution in [0.2, 0.25) is 0 Å². The smallest absolute Gasteiger partial charge is 0.251 e. The molecule has 5 nitrogen and oxygen atoms in total. The zero-order valence-electron chi connectivity index (χ0n) is 15.6. The molecule has 28 heavy (non-hydrogen) atoms. The van der Waals surface area contributed by atoms with E-state index < -0.39 is 0 Å². The molecule has 0 saturated carbocycles. The van der Waals surface area contributed by atoms with Gasteiger partial charge in [0.25, 0.3) is 5.91 Å². The monoisotopic (exact) mass is 394 g/mol. The van der Waals surface area contributed by atoms with Gasteiger partial charge in [0.15, 0.2) is 5.82 Å². The predicted octanol–water partition coefficient (Wildman–Crippen LogP) is 4.19. The van der Waals surface area contributed by atoms with Crippen LogP contribution in [0.5, 0.6) is 0 Å². The molecule has 0 aliphatic carbocycles. The first-order valence-corrected chi connectivity index (χ1v) is 9.84. The highest BCUT2D eigenvalue weighted by Gasteiger charge is 2.13. The van der Waals surface area contributed by atoms with Gasteiger partial charge in [-0.3, -0.25) is 4.79 Å². The highest BCUT2D eigenvalue weighted by molar-refractivity contribution is 7.15. The lowest BCUT2D eigenvalue weighted by atomic mass is 10.1. The number of aryl methyl sites for hydroxylation is 2. The van der Waals surface area contributed by atoms with Gasteiger partial charge in [-0.05, 0) is 49.2 Å². The van der Waals surface area contributed by atoms with E-state index in [1.165, 1.54) is 23.5 Å². The standard InChI is InChI=1S/C21H19FN4OS/c1-13-6-7-16(10-14(13)2)20(27)23-9-8-18-12-28-21-24-19(25-26(18)21)15-4-3-5-17(22)11-15/h3-7,10-12H,8-9H2,1-2H3,(H,23,27). The summed E-state index contributed by atoms with van der Waals surface area (Å²) < 4.78 is 15.2. The Hall–Kier alpha value is -3.06. The second-order valence-corrected chi connectivity index (χ2v) is 7.51. The van der Waals surface area contributed by atoms with E-state index in [2.05, 4.69) is 15.4 Å². The van der Waals surface area contributed by atoms with Crippen LogP contribution in [0.25, 0.3) is 16.3 Å². The molecule has 4 rings (SSSR count). The second-order valence-electron chi connectivity index (χ2n) is 6.67. The van der Waals surface area contributed by atoms with Crippen LogP contribution >= 0.6 is 11.3 Å². The van der Waals surface area contributed by atoms with Crippen molar-refractivity contribution >= 4 is 22.2 Å². The third kappa shape index (κ3) is 3.66. The number of benzene rings is 2. The number of thiazole rings is 1. The van der Waals surface area contributed by atoms with Crippen LogP contribution in [0.1, 0.15) is 27.2 Å². The van der Waals surface area contributed by atoms with E-state index in [9.17, 15) is 9.18 Å². The van der Waals surface area contributed by atoms with Crippen molar-refractivity contribution in [3.8, 4) is 11.4 Å². The van der Waals surface area contributed by atoms with Crippen LogP contribution in [0, 0.1) is 19.7 Å². The Morgan fingerprint density at radius 1 is 1.18 bits per heavy atom. The fourth-order valence-electron chi connectivity index (χ4n) is 2.94. The highest BCUT2D eigenvalue weighted by atomic mass is 32.1. The van der Waals surface area contributed by atoms with E-state index in [0.717, 1.165) is 21.8 Å². The summed E-state index contributed by atoms with van der Waals surface area (Å²) in [6.45, 7) is 4.51. The normalized spacial score (nSPS) is 11.1. The molecule has 0 aliphatic heterocycles. The van der Waals surface area contributed by atoms with Crippen molar-refractivity contribution in [2.24, 2.45) is 0 Å². The van der Waals surface area contributed by atoms with E-state index in [4.69, 9.17) is 0 Å². The number of amides is 1. The van der Waals surface area contributed by atoms with Crippen LogP contribution in [0.4, 0.5) is 4.39 Å². The van der Waals surface area contributed by atoms with E-state index in [1.807, 2.05) is 37.4 Å². The first-order valence-electron chi connectivity index (χ1n) is 8.96. The maximum Gasteiger partial charge on any atom is 0.251 e. The molecule has 0 radical (unpaired) electrons. The zero-order valence-corrected chi connectivity index (χ0v) is 16.4. The molecular formula is C21H19FN4OS. The molecule has 0 unspecified atom stereocenters. The highest BCUT2D eigenvalue weighted by Crippen LogP contribution is 2.21. The minimum absolute atomic E-state index is 0.0892. The lowest BCUT2D eigenvalue weighted by Crippen LogP contribution is -2.26. The number of hydrogen-bond acceptors (Lipinski definition) is 4. The third-order valence-electron chi connectivity index (χ3n) is 4.67. The minimum Gasteiger partial charge on any atom is -0.352 e. The van der Waals surface area contributed by atoms with Gasteiger partial charge in [0, 0.05) is 29.5 Å². The van der Waals surface area contributed by atoms with Gasteiger partial charge in [-0.25, -0.2) is 8.91 Å². The maximum absolute atomic E-state index is 13.4. The summed E-state index contributed by atoms with van der Waals surface area (Å²) in [5.74, 6) is 0.0883. The molecule has 0 bridgehead atoms. The molecule has 4 aromatic rings. The minimum atomic E-state index is -0.315. The van der Waals surface area contributed by atoms with Crippen molar-refractivity contribution in [1.82, 2.24) is 19.9 Å². The van der Waals surface area contributed by atoms with Gasteiger partial charge in [0.2, 0.25) is 4.96 Å². The summed E-state index contributed by atoms with van der Waals surface area (Å²) >= 11 is 1.48. The Balaban J connectivity index is 1.45. The van der Waals surface area contributed by atoms with Crippen LogP contribution in [-0.2, 0) is 6.42 Å². The molecule has 0 spiro atoms. The number of carbonyl (C=O) groups is 1. The van der Waals surface area contributed by atoms with Gasteiger partial charge >= 0.3 is 0 Å². The Bertz CT molecular complexity index is 1160. The van der Waals surface area contributed by atoms with E-state index >= 15 is 0 Å². The van der Waals surface area contributed by atoms with Gasteiger partial charge in [0.1, 0.15) is 5.82 Å². The summed E-state index contributed by atoms with van der Waals surface area (Å²) in [5, 5.41) is 9.43. The number of nitrogens with zero attached hydrogens (tertiary/aromatic N) is 3. The molecule has 0 atom stereocenters. The Labute approximate surface area is 165 Å². The number of aromatic nitrogens is 3. The fraction of sp³-hybridized carbons (Fsp3) is 0.190. The van der Waals surface area contributed by atoms with Gasteiger partial charge in [-0.1, -0.05) is 18.2 Å². The molecule has 2 aromatic carbocycles. The Morgan fingerprint density at radius 2 is 2.04 bits per heavy atom. The molecule has 7 heteroatoms. The molecule has 1 N–H and O–H groups in total. The quantitative estimate of drug-likeness (QED) is 0.552. The van der Waals surface area contributed by atoms with Gasteiger partial charge in [0.05, 0.1) is 5.69 Å². The summed E-state index contributed by atoms with van der Waals surface area (Å²) in [6.07, 6.45) is 0.628. The number of nitrogens with one attached hydrogen (secondary N) is 1. The van der Waals surface area contributed by atoms with E-state index in [0.29, 0.717) is 29.9 Å². The number of fused-ring (bicyclic) bond motifs is 1. The summed E-state index contributed by atoms with van der Waals surface area (Å²) in [5.41, 5.74) is 4.52. The zero-order chi connectivity index (χ0) is 19.7. The number of halogens is 1. The average Bonchev–Trinajstić information content (AvgIpc) is 3.25. The molecule has 142 valence electrons. The Morgan fingerprint density at radius 3 is 2.82 bits per heavy atom. The van der Waals surface area contributed by atoms with Crippen molar-refractivity contribution in [1.29, 1.82) is 0 Å². The molecule has 0 aliphatic rings. The average molecular weight is 394 g/mol. The lowest BCUT2D eigenvalue weighted by Gasteiger charge is -2.07. The van der Waals surface area contributed by atoms with Gasteiger partial charge in [-0.15, -0.1) is 16.4 Å². The van der Waals surface area contributed by atoms with Crippen molar-refractivity contribution in [2.45, 2.75) is 20.3 Å².